The maximum atomic E-state index is 4.20. The summed E-state index contributed by atoms with van der Waals surface area (Å²) in [6, 6.07) is 0. The van der Waals surface area contributed by atoms with Crippen LogP contribution in [0.3, 0.4) is 0 Å². The standard InChI is InChI=1S/C7H13N/c1-2-7-4-3-5-8-6-7/h5,7H,2-4,6H2,1H3. The molecule has 1 heteroatoms. The van der Waals surface area contributed by atoms with Crippen LogP contribution in [-0.2, 0) is 0 Å². The number of aliphatic imine (C=N–C) groups is 1. The van der Waals surface area contributed by atoms with E-state index in [1.165, 1.54) is 19.3 Å². The second-order valence-corrected chi connectivity index (χ2v) is 2.40. The molecule has 1 aliphatic heterocycles. The summed E-state index contributed by atoms with van der Waals surface area (Å²) in [6.45, 7) is 3.32. The monoisotopic (exact) mass is 111 g/mol. The second-order valence-electron chi connectivity index (χ2n) is 2.40. The highest BCUT2D eigenvalue weighted by Gasteiger charge is 2.06. The number of hydrogen-bond acceptors (Lipinski definition) is 1. The Hall–Kier alpha value is -0.330. The van der Waals surface area contributed by atoms with E-state index in [0.29, 0.717) is 0 Å². The van der Waals surface area contributed by atoms with E-state index in [-0.39, 0.29) is 0 Å². The fraction of sp³-hybridized carbons (Fsp3) is 0.857. The van der Waals surface area contributed by atoms with Gasteiger partial charge in [0.25, 0.3) is 0 Å². The Balaban J connectivity index is 2.27. The molecule has 0 bridgehead atoms. The largest absolute Gasteiger partial charge is 0.297 e. The zero-order valence-corrected chi connectivity index (χ0v) is 5.43. The van der Waals surface area contributed by atoms with Crippen LogP contribution in [0.5, 0.6) is 0 Å². The smallest absolute Gasteiger partial charge is 0.0413 e. The molecule has 0 aromatic carbocycles. The summed E-state index contributed by atoms with van der Waals surface area (Å²) in [7, 11) is 0. The van der Waals surface area contributed by atoms with E-state index in [0.717, 1.165) is 12.5 Å². The Morgan fingerprint density at radius 1 is 1.75 bits per heavy atom. The first-order valence-corrected chi connectivity index (χ1v) is 3.41. The minimum absolute atomic E-state index is 0.889. The van der Waals surface area contributed by atoms with Gasteiger partial charge >= 0.3 is 0 Å². The lowest BCUT2D eigenvalue weighted by atomic mass is 9.99. The first-order chi connectivity index (χ1) is 3.93. The number of nitrogens with zero attached hydrogens (tertiary/aromatic N) is 1. The topological polar surface area (TPSA) is 12.4 Å². The van der Waals surface area contributed by atoms with E-state index < -0.39 is 0 Å². The molecule has 0 aromatic rings. The summed E-state index contributed by atoms with van der Waals surface area (Å²) in [5, 5.41) is 0. The summed E-state index contributed by atoms with van der Waals surface area (Å²) in [4.78, 5) is 4.20. The molecule has 1 nitrogen and oxygen atoms in total. The third-order valence-electron chi connectivity index (χ3n) is 1.77. The molecule has 0 N–H and O–H groups in total. The highest BCUT2D eigenvalue weighted by atomic mass is 14.7. The van der Waals surface area contributed by atoms with Crippen molar-refractivity contribution in [3.8, 4) is 0 Å². The molecule has 0 spiro atoms. The Bertz CT molecular complexity index is 86.4. The molecular formula is C7H13N. The first kappa shape index (κ1) is 5.80. The van der Waals surface area contributed by atoms with Crippen molar-refractivity contribution < 1.29 is 0 Å². The van der Waals surface area contributed by atoms with Gasteiger partial charge in [0.15, 0.2) is 0 Å². The molecule has 0 amide bonds. The van der Waals surface area contributed by atoms with Gasteiger partial charge in [0.1, 0.15) is 0 Å². The van der Waals surface area contributed by atoms with Crippen LogP contribution in [0.25, 0.3) is 0 Å². The van der Waals surface area contributed by atoms with E-state index >= 15 is 0 Å². The molecule has 0 fully saturated rings. The van der Waals surface area contributed by atoms with Crippen molar-refractivity contribution in [1.82, 2.24) is 0 Å². The third kappa shape index (κ3) is 1.32. The highest BCUT2D eigenvalue weighted by molar-refractivity contribution is 5.57. The van der Waals surface area contributed by atoms with Crippen LogP contribution in [-0.4, -0.2) is 12.8 Å². The molecule has 0 radical (unpaired) electrons. The van der Waals surface area contributed by atoms with E-state index in [4.69, 9.17) is 0 Å². The Morgan fingerprint density at radius 3 is 3.00 bits per heavy atom. The van der Waals surface area contributed by atoms with Crippen LogP contribution < -0.4 is 0 Å². The predicted octanol–water partition coefficient (Wildman–Crippen LogP) is 1.88. The van der Waals surface area contributed by atoms with Gasteiger partial charge in [0, 0.05) is 6.54 Å². The highest BCUT2D eigenvalue weighted by Crippen LogP contribution is 2.13. The molecule has 1 heterocycles. The van der Waals surface area contributed by atoms with Gasteiger partial charge in [-0.05, 0) is 25.0 Å². The molecular weight excluding hydrogens is 98.1 g/mol. The van der Waals surface area contributed by atoms with Gasteiger partial charge in [-0.3, -0.25) is 4.99 Å². The summed E-state index contributed by atoms with van der Waals surface area (Å²) in [5.41, 5.74) is 0. The number of hydrogen-bond donors (Lipinski definition) is 0. The van der Waals surface area contributed by atoms with Crippen LogP contribution in [0, 0.1) is 5.92 Å². The number of rotatable bonds is 1. The van der Waals surface area contributed by atoms with Crippen molar-refractivity contribution in [1.29, 1.82) is 0 Å². The lowest BCUT2D eigenvalue weighted by Gasteiger charge is -2.13. The molecule has 0 saturated carbocycles. The van der Waals surface area contributed by atoms with Crippen molar-refractivity contribution in [2.45, 2.75) is 26.2 Å². The van der Waals surface area contributed by atoms with Gasteiger partial charge in [-0.15, -0.1) is 0 Å². The Labute approximate surface area is 50.8 Å². The quantitative estimate of drug-likeness (QED) is 0.490. The molecule has 46 valence electrons. The van der Waals surface area contributed by atoms with Crippen LogP contribution in [0.15, 0.2) is 4.99 Å². The fourth-order valence-electron chi connectivity index (χ4n) is 1.05. The maximum absolute atomic E-state index is 4.20. The molecule has 0 aliphatic carbocycles. The van der Waals surface area contributed by atoms with E-state index in [1.807, 2.05) is 6.21 Å². The molecule has 8 heavy (non-hydrogen) atoms. The Kier molecular flexibility index (Phi) is 2.07. The Morgan fingerprint density at radius 2 is 2.62 bits per heavy atom. The van der Waals surface area contributed by atoms with E-state index in [2.05, 4.69) is 11.9 Å². The minimum atomic E-state index is 0.889. The average Bonchev–Trinajstić information content (AvgIpc) is 1.90. The fourth-order valence-corrected chi connectivity index (χ4v) is 1.05. The summed E-state index contributed by atoms with van der Waals surface area (Å²) >= 11 is 0. The molecule has 0 saturated heterocycles. The molecule has 0 aromatic heterocycles. The van der Waals surface area contributed by atoms with Gasteiger partial charge in [-0.2, -0.15) is 0 Å². The molecule has 1 rings (SSSR count). The lowest BCUT2D eigenvalue weighted by molar-refractivity contribution is 0.480. The van der Waals surface area contributed by atoms with Gasteiger partial charge in [-0.1, -0.05) is 13.3 Å². The summed E-state index contributed by atoms with van der Waals surface area (Å²) < 4.78 is 0. The van der Waals surface area contributed by atoms with Crippen molar-refractivity contribution in [3.63, 3.8) is 0 Å². The summed E-state index contributed by atoms with van der Waals surface area (Å²) in [5.74, 6) is 0.889. The van der Waals surface area contributed by atoms with Crippen LogP contribution in [0.4, 0.5) is 0 Å². The first-order valence-electron chi connectivity index (χ1n) is 3.41. The molecule has 1 unspecified atom stereocenters. The van der Waals surface area contributed by atoms with Gasteiger partial charge in [0.05, 0.1) is 0 Å². The molecule has 1 aliphatic rings. The van der Waals surface area contributed by atoms with Crippen LogP contribution in [0.1, 0.15) is 26.2 Å². The second kappa shape index (κ2) is 2.85. The SMILES string of the molecule is CCC1CCC=NC1. The summed E-state index contributed by atoms with van der Waals surface area (Å²) in [6.07, 6.45) is 5.92. The predicted molar refractivity (Wildman–Crippen MR) is 36.4 cm³/mol. The lowest BCUT2D eigenvalue weighted by Crippen LogP contribution is -2.07. The zero-order chi connectivity index (χ0) is 5.82. The van der Waals surface area contributed by atoms with Gasteiger partial charge in [-0.25, -0.2) is 0 Å². The average molecular weight is 111 g/mol. The van der Waals surface area contributed by atoms with Gasteiger partial charge in [0.2, 0.25) is 0 Å². The van der Waals surface area contributed by atoms with Crippen LogP contribution >= 0.6 is 0 Å². The molecule has 1 atom stereocenters. The van der Waals surface area contributed by atoms with E-state index in [9.17, 15) is 0 Å². The van der Waals surface area contributed by atoms with Crippen molar-refractivity contribution >= 4 is 6.21 Å². The maximum Gasteiger partial charge on any atom is 0.0413 e. The van der Waals surface area contributed by atoms with Crippen molar-refractivity contribution in [2.75, 3.05) is 6.54 Å². The van der Waals surface area contributed by atoms with E-state index in [1.54, 1.807) is 0 Å². The van der Waals surface area contributed by atoms with Gasteiger partial charge < -0.3 is 0 Å². The normalized spacial score (nSPS) is 28.4. The van der Waals surface area contributed by atoms with Crippen molar-refractivity contribution in [3.05, 3.63) is 0 Å². The zero-order valence-electron chi connectivity index (χ0n) is 5.43. The third-order valence-corrected chi connectivity index (χ3v) is 1.77. The minimum Gasteiger partial charge on any atom is -0.297 e. The van der Waals surface area contributed by atoms with Crippen LogP contribution in [0.2, 0.25) is 0 Å². The van der Waals surface area contributed by atoms with Crippen molar-refractivity contribution in [2.24, 2.45) is 10.9 Å².